The molecule has 1 N–H and O–H groups in total. The highest BCUT2D eigenvalue weighted by Crippen LogP contribution is 2.19. The summed E-state index contributed by atoms with van der Waals surface area (Å²) in [6, 6.07) is 3.69. The number of hydrogen-bond donors (Lipinski definition) is 1. The first-order valence-corrected chi connectivity index (χ1v) is 5.16. The van der Waals surface area contributed by atoms with Gasteiger partial charge in [-0.05, 0) is 19.2 Å². The van der Waals surface area contributed by atoms with Gasteiger partial charge in [0.25, 0.3) is 0 Å². The van der Waals surface area contributed by atoms with Crippen LogP contribution in [-0.2, 0) is 0 Å². The Bertz CT molecular complexity index is 310. The summed E-state index contributed by atoms with van der Waals surface area (Å²) in [5, 5.41) is 3.96. The summed E-state index contributed by atoms with van der Waals surface area (Å²) >= 11 is 5.96. The summed E-state index contributed by atoms with van der Waals surface area (Å²) in [4.78, 5) is 6.47. The largest absolute Gasteiger partial charge is 0.368 e. The smallest absolute Gasteiger partial charge is 0.144 e. The first-order valence-electron chi connectivity index (χ1n) is 4.78. The first kappa shape index (κ1) is 9.74. The molecule has 1 aromatic rings. The molecule has 0 saturated carbocycles. The molecule has 0 amide bonds. The number of nitrogens with zero attached hydrogens (tertiary/aromatic N) is 2. The lowest BCUT2D eigenvalue weighted by atomic mass is 10.0. The Hall–Kier alpha value is -0.800. The van der Waals surface area contributed by atoms with E-state index < -0.39 is 0 Å². The van der Waals surface area contributed by atoms with Gasteiger partial charge in [-0.25, -0.2) is 4.98 Å². The molecule has 14 heavy (non-hydrogen) atoms. The van der Waals surface area contributed by atoms with E-state index in [1.165, 1.54) is 0 Å². The fraction of sp³-hybridized carbons (Fsp3) is 0.500. The van der Waals surface area contributed by atoms with E-state index in [9.17, 15) is 0 Å². The fourth-order valence-electron chi connectivity index (χ4n) is 1.71. The zero-order valence-corrected chi connectivity index (χ0v) is 8.96. The minimum Gasteiger partial charge on any atom is -0.368 e. The van der Waals surface area contributed by atoms with Gasteiger partial charge >= 0.3 is 0 Å². The molecule has 2 heterocycles. The van der Waals surface area contributed by atoms with E-state index in [0.29, 0.717) is 5.02 Å². The van der Waals surface area contributed by atoms with Gasteiger partial charge in [-0.3, -0.25) is 0 Å². The molecule has 1 saturated heterocycles. The van der Waals surface area contributed by atoms with Crippen molar-refractivity contribution in [3.05, 3.63) is 23.4 Å². The van der Waals surface area contributed by atoms with Crippen LogP contribution < -0.4 is 5.32 Å². The molecule has 0 radical (unpaired) electrons. The molecule has 0 aliphatic carbocycles. The van der Waals surface area contributed by atoms with Crippen LogP contribution in [0, 0.1) is 5.92 Å². The van der Waals surface area contributed by atoms with Crippen LogP contribution in [0.5, 0.6) is 0 Å². The Morgan fingerprint density at radius 3 is 3.07 bits per heavy atom. The van der Waals surface area contributed by atoms with Crippen molar-refractivity contribution in [2.75, 3.05) is 32.0 Å². The molecule has 1 aliphatic rings. The average molecular weight is 212 g/mol. The molecule has 1 aromatic heterocycles. The van der Waals surface area contributed by atoms with E-state index in [-0.39, 0.29) is 0 Å². The van der Waals surface area contributed by atoms with Crippen LogP contribution in [0.25, 0.3) is 0 Å². The zero-order valence-electron chi connectivity index (χ0n) is 8.20. The van der Waals surface area contributed by atoms with Crippen molar-refractivity contribution < 1.29 is 0 Å². The molecule has 0 spiro atoms. The van der Waals surface area contributed by atoms with Crippen LogP contribution in [0.3, 0.4) is 0 Å². The summed E-state index contributed by atoms with van der Waals surface area (Å²) in [6.07, 6.45) is 1.75. The number of aromatic nitrogens is 1. The van der Waals surface area contributed by atoms with Crippen LogP contribution in [0.2, 0.25) is 5.02 Å². The molecule has 1 fully saturated rings. The maximum atomic E-state index is 5.96. The first-order chi connectivity index (χ1) is 6.75. The van der Waals surface area contributed by atoms with Crippen LogP contribution in [-0.4, -0.2) is 36.6 Å². The quantitative estimate of drug-likeness (QED) is 0.825. The van der Waals surface area contributed by atoms with Crippen molar-refractivity contribution in [3.63, 3.8) is 0 Å². The summed E-state index contributed by atoms with van der Waals surface area (Å²) in [5.74, 6) is 1.53. The SMILES string of the molecule is CN1CC(CNc2ncccc2Cl)C1. The third-order valence-corrected chi connectivity index (χ3v) is 2.76. The minimum atomic E-state index is 0.695. The molecule has 76 valence electrons. The van der Waals surface area contributed by atoms with Crippen LogP contribution in [0.1, 0.15) is 0 Å². The van der Waals surface area contributed by atoms with E-state index in [1.54, 1.807) is 6.20 Å². The molecule has 2 rings (SSSR count). The van der Waals surface area contributed by atoms with Crippen molar-refractivity contribution in [1.82, 2.24) is 9.88 Å². The summed E-state index contributed by atoms with van der Waals surface area (Å²) in [6.45, 7) is 3.29. The summed E-state index contributed by atoms with van der Waals surface area (Å²) in [5.41, 5.74) is 0. The Labute approximate surface area is 89.1 Å². The maximum absolute atomic E-state index is 5.96. The number of halogens is 1. The minimum absolute atomic E-state index is 0.695. The van der Waals surface area contributed by atoms with Crippen molar-refractivity contribution in [2.24, 2.45) is 5.92 Å². The topological polar surface area (TPSA) is 28.2 Å². The van der Waals surface area contributed by atoms with E-state index in [0.717, 1.165) is 31.4 Å². The van der Waals surface area contributed by atoms with E-state index in [4.69, 9.17) is 11.6 Å². The van der Waals surface area contributed by atoms with Gasteiger partial charge in [-0.15, -0.1) is 0 Å². The van der Waals surface area contributed by atoms with Gasteiger partial charge in [0.05, 0.1) is 5.02 Å². The number of pyridine rings is 1. The molecule has 1 aliphatic heterocycles. The predicted octanol–water partition coefficient (Wildman–Crippen LogP) is 1.71. The number of anilines is 1. The van der Waals surface area contributed by atoms with Crippen molar-refractivity contribution >= 4 is 17.4 Å². The van der Waals surface area contributed by atoms with Gasteiger partial charge in [0.2, 0.25) is 0 Å². The van der Waals surface area contributed by atoms with Gasteiger partial charge < -0.3 is 10.2 Å². The second-order valence-corrected chi connectivity index (χ2v) is 4.21. The van der Waals surface area contributed by atoms with Crippen molar-refractivity contribution in [3.8, 4) is 0 Å². The molecule has 0 atom stereocenters. The van der Waals surface area contributed by atoms with Gasteiger partial charge in [-0.2, -0.15) is 0 Å². The highest BCUT2D eigenvalue weighted by molar-refractivity contribution is 6.32. The van der Waals surface area contributed by atoms with Gasteiger partial charge in [-0.1, -0.05) is 11.6 Å². The number of hydrogen-bond acceptors (Lipinski definition) is 3. The molecule has 0 bridgehead atoms. The standard InChI is InChI=1S/C10H14ClN3/c1-14-6-8(7-14)5-13-10-9(11)3-2-4-12-10/h2-4,8H,5-7H2,1H3,(H,12,13). The van der Waals surface area contributed by atoms with Gasteiger partial charge in [0, 0.05) is 31.7 Å². The third-order valence-electron chi connectivity index (χ3n) is 2.46. The Balaban J connectivity index is 1.83. The maximum Gasteiger partial charge on any atom is 0.144 e. The average Bonchev–Trinajstić information content (AvgIpc) is 2.13. The predicted molar refractivity (Wildman–Crippen MR) is 58.7 cm³/mol. The lowest BCUT2D eigenvalue weighted by molar-refractivity contribution is 0.144. The van der Waals surface area contributed by atoms with E-state index in [2.05, 4.69) is 22.2 Å². The van der Waals surface area contributed by atoms with Crippen molar-refractivity contribution in [2.45, 2.75) is 0 Å². The summed E-state index contributed by atoms with van der Waals surface area (Å²) < 4.78 is 0. The lowest BCUT2D eigenvalue weighted by Gasteiger charge is -2.36. The Kier molecular flexibility index (Phi) is 2.89. The second kappa shape index (κ2) is 4.15. The Morgan fingerprint density at radius 1 is 1.64 bits per heavy atom. The van der Waals surface area contributed by atoms with Crippen LogP contribution in [0.15, 0.2) is 18.3 Å². The van der Waals surface area contributed by atoms with E-state index in [1.807, 2.05) is 12.1 Å². The zero-order chi connectivity index (χ0) is 9.97. The normalized spacial score (nSPS) is 17.9. The second-order valence-electron chi connectivity index (χ2n) is 3.80. The fourth-order valence-corrected chi connectivity index (χ4v) is 1.90. The van der Waals surface area contributed by atoms with E-state index >= 15 is 0 Å². The monoisotopic (exact) mass is 211 g/mol. The van der Waals surface area contributed by atoms with Crippen molar-refractivity contribution in [1.29, 1.82) is 0 Å². The molecule has 0 unspecified atom stereocenters. The number of rotatable bonds is 3. The van der Waals surface area contributed by atoms with Gasteiger partial charge in [0.15, 0.2) is 0 Å². The molecule has 0 aromatic carbocycles. The van der Waals surface area contributed by atoms with Crippen LogP contribution in [0.4, 0.5) is 5.82 Å². The molecule has 4 heteroatoms. The summed E-state index contributed by atoms with van der Waals surface area (Å²) in [7, 11) is 2.13. The highest BCUT2D eigenvalue weighted by atomic mass is 35.5. The van der Waals surface area contributed by atoms with Gasteiger partial charge in [0.1, 0.15) is 5.82 Å². The molecular formula is C10H14ClN3. The molecular weight excluding hydrogens is 198 g/mol. The lowest BCUT2D eigenvalue weighted by Crippen LogP contribution is -2.46. The number of likely N-dealkylation sites (tertiary alicyclic amines) is 1. The highest BCUT2D eigenvalue weighted by Gasteiger charge is 2.22. The molecule has 3 nitrogen and oxygen atoms in total. The number of nitrogens with one attached hydrogen (secondary N) is 1. The third kappa shape index (κ3) is 2.16. The Morgan fingerprint density at radius 2 is 2.43 bits per heavy atom. The van der Waals surface area contributed by atoms with Crippen LogP contribution >= 0.6 is 11.6 Å².